The highest BCUT2D eigenvalue weighted by Gasteiger charge is 2.36. The number of aromatic nitrogens is 1. The summed E-state index contributed by atoms with van der Waals surface area (Å²) in [6, 6.07) is 6.19. The Hall–Kier alpha value is -2.54. The smallest absolute Gasteiger partial charge is 0.293 e. The van der Waals surface area contributed by atoms with Crippen molar-refractivity contribution in [2.45, 2.75) is 71.5 Å². The Morgan fingerprint density at radius 2 is 2.00 bits per heavy atom. The lowest BCUT2D eigenvalue weighted by Crippen LogP contribution is -2.35. The molecule has 1 N–H and O–H groups in total. The van der Waals surface area contributed by atoms with Crippen LogP contribution in [0, 0.1) is 0 Å². The zero-order chi connectivity index (χ0) is 22.1. The number of carbonyl (C=O) groups is 3. The van der Waals surface area contributed by atoms with E-state index in [-0.39, 0.29) is 35.7 Å². The molecule has 6 nitrogen and oxygen atoms in total. The van der Waals surface area contributed by atoms with E-state index >= 15 is 0 Å². The second kappa shape index (κ2) is 8.91. The van der Waals surface area contributed by atoms with Gasteiger partial charge in [0.25, 0.3) is 11.1 Å². The molecule has 4 rings (SSSR count). The summed E-state index contributed by atoms with van der Waals surface area (Å²) in [4.78, 5) is 39.5. The first-order chi connectivity index (χ1) is 14.9. The highest BCUT2D eigenvalue weighted by molar-refractivity contribution is 8.18. The van der Waals surface area contributed by atoms with Gasteiger partial charge >= 0.3 is 0 Å². The molecule has 1 aliphatic carbocycles. The number of aryl methyl sites for hydroxylation is 1. The standard InChI is InChI=1S/C24H29N3O3S/c1-4-16-8-7-11-19-17(12-20-23(29)27(15(2)3)24(30)31-20)13-26(22(16)19)14-21(28)25-18-9-5-6-10-18/h7-8,11-13,15,18H,4-6,9-10,14H2,1-3H3,(H,25,28)/b20-12-. The summed E-state index contributed by atoms with van der Waals surface area (Å²) in [5, 5.41) is 3.91. The molecule has 0 spiro atoms. The lowest BCUT2D eigenvalue weighted by Gasteiger charge is -2.16. The average Bonchev–Trinajstić information content (AvgIpc) is 3.41. The third-order valence-electron chi connectivity index (χ3n) is 6.05. The molecule has 1 saturated heterocycles. The highest BCUT2D eigenvalue weighted by Crippen LogP contribution is 2.35. The van der Waals surface area contributed by atoms with Crippen LogP contribution in [0.25, 0.3) is 17.0 Å². The molecule has 1 aromatic heterocycles. The van der Waals surface area contributed by atoms with E-state index in [0.717, 1.165) is 53.1 Å². The van der Waals surface area contributed by atoms with Crippen LogP contribution in [0.1, 0.15) is 57.6 Å². The minimum Gasteiger partial charge on any atom is -0.352 e. The van der Waals surface area contributed by atoms with Crippen LogP contribution in [-0.4, -0.2) is 38.6 Å². The molecular formula is C24H29N3O3S. The van der Waals surface area contributed by atoms with Gasteiger partial charge < -0.3 is 9.88 Å². The average molecular weight is 440 g/mol. The summed E-state index contributed by atoms with van der Waals surface area (Å²) in [6.07, 6.45) is 9.02. The second-order valence-corrected chi connectivity index (χ2v) is 9.57. The fraction of sp³-hybridized carbons (Fsp3) is 0.458. The fourth-order valence-electron chi connectivity index (χ4n) is 4.55. The number of rotatable bonds is 6. The van der Waals surface area contributed by atoms with E-state index in [4.69, 9.17) is 0 Å². The molecule has 2 aliphatic rings. The number of hydrogen-bond donors (Lipinski definition) is 1. The van der Waals surface area contributed by atoms with E-state index < -0.39 is 0 Å². The van der Waals surface area contributed by atoms with Crippen LogP contribution in [0.2, 0.25) is 0 Å². The number of carbonyl (C=O) groups excluding carboxylic acids is 3. The van der Waals surface area contributed by atoms with E-state index in [1.165, 1.54) is 17.7 Å². The molecule has 1 saturated carbocycles. The molecule has 7 heteroatoms. The summed E-state index contributed by atoms with van der Waals surface area (Å²) in [7, 11) is 0. The topological polar surface area (TPSA) is 71.4 Å². The normalized spacial score (nSPS) is 18.8. The van der Waals surface area contributed by atoms with Gasteiger partial charge in [0.2, 0.25) is 5.91 Å². The SMILES string of the molecule is CCc1cccc2c(/C=C3\SC(=O)N(C(C)C)C3=O)cn(CC(=O)NC3CCCC3)c12. The maximum absolute atomic E-state index is 12.7. The molecule has 31 heavy (non-hydrogen) atoms. The molecule has 2 aromatic rings. The predicted molar refractivity (Wildman–Crippen MR) is 125 cm³/mol. The second-order valence-electron chi connectivity index (χ2n) is 8.57. The third-order valence-corrected chi connectivity index (χ3v) is 6.94. The first-order valence-electron chi connectivity index (χ1n) is 11.1. The number of nitrogens with zero attached hydrogens (tertiary/aromatic N) is 2. The number of nitrogens with one attached hydrogen (secondary N) is 1. The van der Waals surface area contributed by atoms with Crippen molar-refractivity contribution >= 4 is 45.8 Å². The quantitative estimate of drug-likeness (QED) is 0.662. The van der Waals surface area contributed by atoms with Crippen molar-refractivity contribution in [1.29, 1.82) is 0 Å². The summed E-state index contributed by atoms with van der Waals surface area (Å²) >= 11 is 0.978. The van der Waals surface area contributed by atoms with Crippen molar-refractivity contribution in [2.75, 3.05) is 0 Å². The molecule has 2 fully saturated rings. The number of benzene rings is 1. The van der Waals surface area contributed by atoms with Crippen LogP contribution >= 0.6 is 11.8 Å². The van der Waals surface area contributed by atoms with Crippen molar-refractivity contribution in [1.82, 2.24) is 14.8 Å². The molecular weight excluding hydrogens is 410 g/mol. The van der Waals surface area contributed by atoms with Crippen LogP contribution in [0.4, 0.5) is 4.79 Å². The molecule has 0 atom stereocenters. The van der Waals surface area contributed by atoms with Gasteiger partial charge in [-0.3, -0.25) is 19.3 Å². The highest BCUT2D eigenvalue weighted by atomic mass is 32.2. The van der Waals surface area contributed by atoms with E-state index in [1.807, 2.05) is 36.7 Å². The summed E-state index contributed by atoms with van der Waals surface area (Å²) in [5.74, 6) is -0.238. The monoisotopic (exact) mass is 439 g/mol. The summed E-state index contributed by atoms with van der Waals surface area (Å²) < 4.78 is 1.98. The molecule has 0 unspecified atom stereocenters. The Balaban J connectivity index is 1.69. The number of fused-ring (bicyclic) bond motifs is 1. The molecule has 1 aromatic carbocycles. The van der Waals surface area contributed by atoms with E-state index in [2.05, 4.69) is 18.3 Å². The molecule has 164 valence electrons. The van der Waals surface area contributed by atoms with Gasteiger partial charge in [0.05, 0.1) is 10.4 Å². The number of imide groups is 1. The summed E-state index contributed by atoms with van der Waals surface area (Å²) in [5.41, 5.74) is 3.02. The molecule has 0 radical (unpaired) electrons. The minimum absolute atomic E-state index is 0.0152. The summed E-state index contributed by atoms with van der Waals surface area (Å²) in [6.45, 7) is 6.01. The van der Waals surface area contributed by atoms with Gasteiger partial charge in [0.15, 0.2) is 0 Å². The van der Waals surface area contributed by atoms with Crippen molar-refractivity contribution in [3.63, 3.8) is 0 Å². The van der Waals surface area contributed by atoms with Gasteiger partial charge in [-0.05, 0) is 56.5 Å². The Morgan fingerprint density at radius 1 is 1.26 bits per heavy atom. The Kier molecular flexibility index (Phi) is 6.23. The first kappa shape index (κ1) is 21.7. The first-order valence-corrected chi connectivity index (χ1v) is 11.9. The molecule has 2 heterocycles. The third kappa shape index (κ3) is 4.28. The van der Waals surface area contributed by atoms with Crippen molar-refractivity contribution in [3.8, 4) is 0 Å². The van der Waals surface area contributed by atoms with Crippen molar-refractivity contribution < 1.29 is 14.4 Å². The van der Waals surface area contributed by atoms with Crippen LogP contribution in [0.3, 0.4) is 0 Å². The van der Waals surface area contributed by atoms with Gasteiger partial charge in [0.1, 0.15) is 6.54 Å². The van der Waals surface area contributed by atoms with Crippen molar-refractivity contribution in [2.24, 2.45) is 0 Å². The van der Waals surface area contributed by atoms with E-state index in [0.29, 0.717) is 4.91 Å². The largest absolute Gasteiger partial charge is 0.352 e. The van der Waals surface area contributed by atoms with E-state index in [1.54, 1.807) is 6.08 Å². The van der Waals surface area contributed by atoms with Crippen LogP contribution in [-0.2, 0) is 22.6 Å². The lowest BCUT2D eigenvalue weighted by atomic mass is 10.1. The van der Waals surface area contributed by atoms with Gasteiger partial charge in [-0.25, -0.2) is 0 Å². The number of amides is 3. The van der Waals surface area contributed by atoms with Crippen LogP contribution in [0.15, 0.2) is 29.3 Å². The molecule has 0 bridgehead atoms. The van der Waals surface area contributed by atoms with Crippen molar-refractivity contribution in [3.05, 3.63) is 40.4 Å². The Labute approximate surface area is 187 Å². The predicted octanol–water partition coefficient (Wildman–Crippen LogP) is 4.71. The van der Waals surface area contributed by atoms with Gasteiger partial charge in [-0.15, -0.1) is 0 Å². The van der Waals surface area contributed by atoms with Crippen LogP contribution < -0.4 is 5.32 Å². The zero-order valence-electron chi connectivity index (χ0n) is 18.3. The van der Waals surface area contributed by atoms with Crippen LogP contribution in [0.5, 0.6) is 0 Å². The maximum atomic E-state index is 12.7. The minimum atomic E-state index is -0.253. The van der Waals surface area contributed by atoms with Gasteiger partial charge in [-0.2, -0.15) is 0 Å². The number of thioether (sulfide) groups is 1. The van der Waals surface area contributed by atoms with E-state index in [9.17, 15) is 14.4 Å². The maximum Gasteiger partial charge on any atom is 0.293 e. The zero-order valence-corrected chi connectivity index (χ0v) is 19.1. The van der Waals surface area contributed by atoms with Gasteiger partial charge in [0, 0.05) is 29.2 Å². The van der Waals surface area contributed by atoms with Gasteiger partial charge in [-0.1, -0.05) is 38.0 Å². The Bertz CT molecular complexity index is 1060. The lowest BCUT2D eigenvalue weighted by molar-refractivity contribution is -0.124. The number of para-hydroxylation sites is 1. The molecule has 3 amide bonds. The Morgan fingerprint density at radius 3 is 2.65 bits per heavy atom. The number of hydrogen-bond acceptors (Lipinski definition) is 4. The fourth-order valence-corrected chi connectivity index (χ4v) is 5.51. The molecule has 1 aliphatic heterocycles.